The molecular formula is C11H12FN3O2S2. The maximum absolute atomic E-state index is 13.1. The lowest BCUT2D eigenvalue weighted by Gasteiger charge is -2.07. The van der Waals surface area contributed by atoms with Crippen molar-refractivity contribution in [3.8, 4) is 0 Å². The van der Waals surface area contributed by atoms with Crippen molar-refractivity contribution >= 4 is 27.0 Å². The van der Waals surface area contributed by atoms with E-state index in [0.717, 1.165) is 17.8 Å². The van der Waals surface area contributed by atoms with Gasteiger partial charge in [-0.1, -0.05) is 0 Å². The lowest BCUT2D eigenvalue weighted by atomic mass is 10.3. The Labute approximate surface area is 114 Å². The minimum atomic E-state index is -3.75. The molecule has 5 nitrogen and oxygen atoms in total. The van der Waals surface area contributed by atoms with E-state index in [1.165, 1.54) is 17.4 Å². The summed E-state index contributed by atoms with van der Waals surface area (Å²) in [6, 6.07) is 3.21. The van der Waals surface area contributed by atoms with Crippen molar-refractivity contribution in [1.29, 1.82) is 0 Å². The fourth-order valence-electron chi connectivity index (χ4n) is 1.50. The normalized spacial score (nSPS) is 11.6. The van der Waals surface area contributed by atoms with E-state index >= 15 is 0 Å². The molecule has 1 heterocycles. The zero-order valence-corrected chi connectivity index (χ0v) is 11.5. The highest BCUT2D eigenvalue weighted by Gasteiger charge is 2.15. The summed E-state index contributed by atoms with van der Waals surface area (Å²) in [5.41, 5.74) is 7.98. The van der Waals surface area contributed by atoms with Crippen molar-refractivity contribution in [2.75, 3.05) is 12.3 Å². The Morgan fingerprint density at radius 1 is 1.37 bits per heavy atom. The molecule has 8 heteroatoms. The smallest absolute Gasteiger partial charge is 0.240 e. The highest BCUT2D eigenvalue weighted by Crippen LogP contribution is 2.15. The number of aromatic nitrogens is 1. The van der Waals surface area contributed by atoms with E-state index in [9.17, 15) is 12.8 Å². The highest BCUT2D eigenvalue weighted by atomic mass is 32.2. The van der Waals surface area contributed by atoms with Gasteiger partial charge in [-0.15, -0.1) is 11.3 Å². The predicted molar refractivity (Wildman–Crippen MR) is 71.8 cm³/mol. The summed E-state index contributed by atoms with van der Waals surface area (Å²) in [6.45, 7) is 0.197. The molecule has 0 atom stereocenters. The van der Waals surface area contributed by atoms with E-state index in [2.05, 4.69) is 9.71 Å². The molecule has 0 aliphatic carbocycles. The monoisotopic (exact) mass is 301 g/mol. The van der Waals surface area contributed by atoms with Crippen LogP contribution in [0.5, 0.6) is 0 Å². The molecular weight excluding hydrogens is 289 g/mol. The number of nitrogens with one attached hydrogen (secondary N) is 1. The molecule has 0 spiro atoms. The van der Waals surface area contributed by atoms with Crippen molar-refractivity contribution in [3.05, 3.63) is 40.6 Å². The summed E-state index contributed by atoms with van der Waals surface area (Å²) < 4.78 is 39.3. The number of nitrogen functional groups attached to an aromatic ring is 1. The SMILES string of the molecule is Nc1cc(F)cc(S(=O)(=O)NCCc2cscn2)c1. The van der Waals surface area contributed by atoms with E-state index < -0.39 is 15.8 Å². The van der Waals surface area contributed by atoms with Gasteiger partial charge >= 0.3 is 0 Å². The first-order chi connectivity index (χ1) is 8.97. The van der Waals surface area contributed by atoms with Gasteiger partial charge in [0, 0.05) is 24.0 Å². The van der Waals surface area contributed by atoms with Crippen LogP contribution >= 0.6 is 11.3 Å². The molecule has 1 aromatic heterocycles. The molecule has 2 aromatic rings. The standard InChI is InChI=1S/C11H12FN3O2S2/c12-8-3-9(13)5-11(4-8)19(16,17)15-2-1-10-6-18-7-14-10/h3-7,15H,1-2,13H2. The Kier molecular flexibility index (Phi) is 4.13. The summed E-state index contributed by atoms with van der Waals surface area (Å²) in [5, 5.41) is 1.84. The van der Waals surface area contributed by atoms with Crippen LogP contribution in [-0.2, 0) is 16.4 Å². The molecule has 0 unspecified atom stereocenters. The van der Waals surface area contributed by atoms with Crippen LogP contribution in [0.15, 0.2) is 34.0 Å². The Balaban J connectivity index is 2.05. The van der Waals surface area contributed by atoms with Gasteiger partial charge in [0.2, 0.25) is 10.0 Å². The number of hydrogen-bond donors (Lipinski definition) is 2. The highest BCUT2D eigenvalue weighted by molar-refractivity contribution is 7.89. The van der Waals surface area contributed by atoms with Gasteiger partial charge in [-0.05, 0) is 18.2 Å². The minimum Gasteiger partial charge on any atom is -0.399 e. The van der Waals surface area contributed by atoms with Crippen molar-refractivity contribution in [2.24, 2.45) is 0 Å². The largest absolute Gasteiger partial charge is 0.399 e. The third-order valence-electron chi connectivity index (χ3n) is 2.36. The third-order valence-corrected chi connectivity index (χ3v) is 4.44. The first kappa shape index (κ1) is 13.9. The van der Waals surface area contributed by atoms with Gasteiger partial charge in [0.25, 0.3) is 0 Å². The molecule has 0 bridgehead atoms. The molecule has 0 fully saturated rings. The van der Waals surface area contributed by atoms with Crippen LogP contribution in [0.25, 0.3) is 0 Å². The topological polar surface area (TPSA) is 85.1 Å². The molecule has 0 saturated carbocycles. The van der Waals surface area contributed by atoms with E-state index in [-0.39, 0.29) is 17.1 Å². The van der Waals surface area contributed by atoms with Gasteiger partial charge < -0.3 is 5.73 Å². The van der Waals surface area contributed by atoms with Crippen LogP contribution < -0.4 is 10.5 Å². The lowest BCUT2D eigenvalue weighted by Crippen LogP contribution is -2.26. The first-order valence-electron chi connectivity index (χ1n) is 5.40. The van der Waals surface area contributed by atoms with Crippen LogP contribution in [0.1, 0.15) is 5.69 Å². The van der Waals surface area contributed by atoms with Crippen molar-refractivity contribution in [3.63, 3.8) is 0 Å². The summed E-state index contributed by atoms with van der Waals surface area (Å²) in [5.74, 6) is -0.681. The average Bonchev–Trinajstić information content (AvgIpc) is 2.80. The molecule has 0 amide bonds. The van der Waals surface area contributed by atoms with E-state index in [1.54, 1.807) is 5.51 Å². The van der Waals surface area contributed by atoms with Gasteiger partial charge in [-0.3, -0.25) is 0 Å². The van der Waals surface area contributed by atoms with Crippen LogP contribution in [0, 0.1) is 5.82 Å². The fourth-order valence-corrected chi connectivity index (χ4v) is 3.19. The van der Waals surface area contributed by atoms with Gasteiger partial charge in [-0.25, -0.2) is 22.5 Å². The Bertz CT molecular complexity index is 636. The molecule has 102 valence electrons. The number of halogens is 1. The van der Waals surface area contributed by atoms with Crippen molar-refractivity contribution < 1.29 is 12.8 Å². The number of nitrogens with two attached hydrogens (primary N) is 1. The summed E-state index contributed by atoms with van der Waals surface area (Å²) in [6.07, 6.45) is 0.480. The Morgan fingerprint density at radius 2 is 2.16 bits per heavy atom. The number of rotatable bonds is 5. The quantitative estimate of drug-likeness (QED) is 0.817. The molecule has 0 saturated heterocycles. The van der Waals surface area contributed by atoms with E-state index in [0.29, 0.717) is 6.42 Å². The number of thiazole rings is 1. The lowest BCUT2D eigenvalue weighted by molar-refractivity contribution is 0.577. The maximum atomic E-state index is 13.1. The van der Waals surface area contributed by atoms with Gasteiger partial charge in [0.1, 0.15) is 5.82 Å². The van der Waals surface area contributed by atoms with Gasteiger partial charge in [0.05, 0.1) is 16.1 Å². The Hall–Kier alpha value is -1.51. The molecule has 0 radical (unpaired) electrons. The van der Waals surface area contributed by atoms with Crippen molar-refractivity contribution in [2.45, 2.75) is 11.3 Å². The summed E-state index contributed by atoms with van der Waals surface area (Å²) in [4.78, 5) is 3.86. The Morgan fingerprint density at radius 3 is 2.79 bits per heavy atom. The van der Waals surface area contributed by atoms with E-state index in [1.807, 2.05) is 5.38 Å². The van der Waals surface area contributed by atoms with Crippen LogP contribution in [0.2, 0.25) is 0 Å². The van der Waals surface area contributed by atoms with Crippen LogP contribution in [0.3, 0.4) is 0 Å². The number of sulfonamides is 1. The fraction of sp³-hybridized carbons (Fsp3) is 0.182. The third kappa shape index (κ3) is 3.72. The number of anilines is 1. The maximum Gasteiger partial charge on any atom is 0.240 e. The van der Waals surface area contributed by atoms with Crippen LogP contribution in [0.4, 0.5) is 10.1 Å². The average molecular weight is 301 g/mol. The molecule has 0 aliphatic heterocycles. The molecule has 19 heavy (non-hydrogen) atoms. The minimum absolute atomic E-state index is 0.0693. The zero-order valence-electron chi connectivity index (χ0n) is 9.84. The molecule has 0 aliphatic rings. The molecule has 1 aromatic carbocycles. The second kappa shape index (κ2) is 5.64. The second-order valence-electron chi connectivity index (χ2n) is 3.85. The molecule has 3 N–H and O–H groups in total. The zero-order chi connectivity index (χ0) is 13.9. The molecule has 2 rings (SSSR count). The van der Waals surface area contributed by atoms with Gasteiger partial charge in [-0.2, -0.15) is 0 Å². The number of benzene rings is 1. The number of hydrogen-bond acceptors (Lipinski definition) is 5. The second-order valence-corrected chi connectivity index (χ2v) is 6.33. The van der Waals surface area contributed by atoms with Gasteiger partial charge in [0.15, 0.2) is 0 Å². The van der Waals surface area contributed by atoms with E-state index in [4.69, 9.17) is 5.73 Å². The first-order valence-corrected chi connectivity index (χ1v) is 7.83. The number of nitrogens with zero attached hydrogens (tertiary/aromatic N) is 1. The van der Waals surface area contributed by atoms with Crippen LogP contribution in [-0.4, -0.2) is 19.9 Å². The predicted octanol–water partition coefficient (Wildman–Crippen LogP) is 1.39. The van der Waals surface area contributed by atoms with Crippen molar-refractivity contribution in [1.82, 2.24) is 9.71 Å². The summed E-state index contributed by atoms with van der Waals surface area (Å²) >= 11 is 1.44. The summed E-state index contributed by atoms with van der Waals surface area (Å²) in [7, 11) is -3.75.